The monoisotopic (exact) mass is 269 g/mol. The van der Waals surface area contributed by atoms with E-state index >= 15 is 0 Å². The van der Waals surface area contributed by atoms with Crippen molar-refractivity contribution in [3.63, 3.8) is 0 Å². The lowest BCUT2D eigenvalue weighted by Crippen LogP contribution is -2.15. The average molecular weight is 269 g/mol. The smallest absolute Gasteiger partial charge is 0.250 e. The number of hydrogen-bond acceptors (Lipinski definition) is 4. The number of primary amides is 1. The molecule has 0 bridgehead atoms. The van der Waals surface area contributed by atoms with Crippen molar-refractivity contribution >= 4 is 17.3 Å². The van der Waals surface area contributed by atoms with Crippen LogP contribution in [0.25, 0.3) is 0 Å². The van der Waals surface area contributed by atoms with Crippen LogP contribution >= 0.6 is 0 Å². The van der Waals surface area contributed by atoms with E-state index in [0.717, 1.165) is 25.5 Å². The van der Waals surface area contributed by atoms with Gasteiger partial charge in [-0.3, -0.25) is 4.79 Å². The molecule has 0 spiro atoms. The largest absolute Gasteiger partial charge is 0.398 e. The molecule has 0 saturated carbocycles. The quantitative estimate of drug-likeness (QED) is 0.495. The van der Waals surface area contributed by atoms with Crippen molar-refractivity contribution in [2.75, 3.05) is 30.8 Å². The Morgan fingerprint density at radius 1 is 1.42 bits per heavy atom. The van der Waals surface area contributed by atoms with Gasteiger partial charge in [-0.15, -0.1) is 0 Å². The van der Waals surface area contributed by atoms with Gasteiger partial charge in [0.1, 0.15) is 5.82 Å². The number of carbonyl (C=O) groups excluding carboxylic acids is 1. The van der Waals surface area contributed by atoms with Gasteiger partial charge in [0.05, 0.1) is 11.3 Å². The molecule has 5 nitrogen and oxygen atoms in total. The van der Waals surface area contributed by atoms with Crippen molar-refractivity contribution in [3.8, 4) is 0 Å². The predicted molar refractivity (Wildman–Crippen MR) is 73.5 cm³/mol. The highest BCUT2D eigenvalue weighted by atomic mass is 19.1. The SMILES string of the molecule is CCCOCCCNc1cc(C(N)=O)c(N)cc1F. The molecule has 1 aromatic rings. The lowest BCUT2D eigenvalue weighted by Gasteiger charge is -2.10. The van der Waals surface area contributed by atoms with Gasteiger partial charge in [0.2, 0.25) is 0 Å². The second-order valence-electron chi connectivity index (χ2n) is 4.18. The van der Waals surface area contributed by atoms with Crippen LogP contribution in [0.2, 0.25) is 0 Å². The van der Waals surface area contributed by atoms with Crippen molar-refractivity contribution in [2.45, 2.75) is 19.8 Å². The van der Waals surface area contributed by atoms with Gasteiger partial charge in [-0.25, -0.2) is 4.39 Å². The summed E-state index contributed by atoms with van der Waals surface area (Å²) in [7, 11) is 0. The van der Waals surface area contributed by atoms with Crippen LogP contribution in [-0.4, -0.2) is 25.7 Å². The van der Waals surface area contributed by atoms with Gasteiger partial charge >= 0.3 is 0 Å². The van der Waals surface area contributed by atoms with Gasteiger partial charge in [0, 0.05) is 25.4 Å². The minimum atomic E-state index is -0.674. The molecule has 5 N–H and O–H groups in total. The van der Waals surface area contributed by atoms with Crippen LogP contribution < -0.4 is 16.8 Å². The van der Waals surface area contributed by atoms with E-state index in [4.69, 9.17) is 16.2 Å². The summed E-state index contributed by atoms with van der Waals surface area (Å²) in [4.78, 5) is 11.1. The van der Waals surface area contributed by atoms with Crippen molar-refractivity contribution in [1.29, 1.82) is 0 Å². The average Bonchev–Trinajstić information content (AvgIpc) is 2.35. The van der Waals surface area contributed by atoms with Gasteiger partial charge in [-0.2, -0.15) is 0 Å². The zero-order valence-corrected chi connectivity index (χ0v) is 11.0. The Labute approximate surface area is 112 Å². The Balaban J connectivity index is 2.53. The molecular formula is C13H20FN3O2. The topological polar surface area (TPSA) is 90.4 Å². The standard InChI is InChI=1S/C13H20FN3O2/c1-2-5-19-6-3-4-17-12-7-9(13(16)18)11(15)8-10(12)14/h7-8,17H,2-6,15H2,1H3,(H2,16,18). The minimum absolute atomic E-state index is 0.0434. The Morgan fingerprint density at radius 3 is 2.79 bits per heavy atom. The second-order valence-corrected chi connectivity index (χ2v) is 4.18. The Hall–Kier alpha value is -1.82. The van der Waals surface area contributed by atoms with E-state index in [9.17, 15) is 9.18 Å². The number of anilines is 2. The first kappa shape index (κ1) is 15.2. The zero-order valence-electron chi connectivity index (χ0n) is 11.0. The molecule has 0 aromatic heterocycles. The maximum atomic E-state index is 13.6. The lowest BCUT2D eigenvalue weighted by molar-refractivity contribution is 0.100. The highest BCUT2D eigenvalue weighted by molar-refractivity contribution is 5.99. The third kappa shape index (κ3) is 4.75. The molecule has 0 aliphatic rings. The Kier molecular flexibility index (Phi) is 6.08. The summed E-state index contributed by atoms with van der Waals surface area (Å²) in [5.41, 5.74) is 11.0. The Bertz CT molecular complexity index is 438. The van der Waals surface area contributed by atoms with Crippen molar-refractivity contribution < 1.29 is 13.9 Å². The lowest BCUT2D eigenvalue weighted by atomic mass is 10.1. The van der Waals surface area contributed by atoms with Gasteiger partial charge in [0.25, 0.3) is 5.91 Å². The van der Waals surface area contributed by atoms with E-state index < -0.39 is 11.7 Å². The molecule has 1 rings (SSSR count). The molecule has 19 heavy (non-hydrogen) atoms. The van der Waals surface area contributed by atoms with Crippen LogP contribution in [-0.2, 0) is 4.74 Å². The first-order valence-electron chi connectivity index (χ1n) is 6.26. The number of benzene rings is 1. The molecule has 1 aromatic carbocycles. The second kappa shape index (κ2) is 7.58. The number of halogens is 1. The first-order valence-corrected chi connectivity index (χ1v) is 6.26. The number of amides is 1. The third-order valence-corrected chi connectivity index (χ3v) is 2.53. The van der Waals surface area contributed by atoms with Crippen molar-refractivity contribution in [2.24, 2.45) is 5.73 Å². The highest BCUT2D eigenvalue weighted by Gasteiger charge is 2.11. The molecule has 0 unspecified atom stereocenters. The van der Waals surface area contributed by atoms with E-state index in [1.807, 2.05) is 6.92 Å². The maximum absolute atomic E-state index is 13.6. The molecule has 0 heterocycles. The van der Waals surface area contributed by atoms with Crippen LogP contribution in [0.1, 0.15) is 30.1 Å². The number of rotatable bonds is 8. The molecule has 1 amide bonds. The van der Waals surface area contributed by atoms with Crippen molar-refractivity contribution in [1.82, 2.24) is 0 Å². The molecule has 0 fully saturated rings. The van der Waals surface area contributed by atoms with Gasteiger partial charge in [-0.05, 0) is 25.0 Å². The summed E-state index contributed by atoms with van der Waals surface area (Å²) < 4.78 is 18.9. The van der Waals surface area contributed by atoms with E-state index in [1.54, 1.807) is 0 Å². The fourth-order valence-corrected chi connectivity index (χ4v) is 1.58. The molecule has 6 heteroatoms. The van der Waals surface area contributed by atoms with Gasteiger partial charge in [0.15, 0.2) is 0 Å². The molecule has 0 radical (unpaired) electrons. The fourth-order valence-electron chi connectivity index (χ4n) is 1.58. The number of ether oxygens (including phenoxy) is 1. The van der Waals surface area contributed by atoms with Crippen molar-refractivity contribution in [3.05, 3.63) is 23.5 Å². The summed E-state index contributed by atoms with van der Waals surface area (Å²) in [6.45, 7) is 3.91. The normalized spacial score (nSPS) is 10.4. The summed E-state index contributed by atoms with van der Waals surface area (Å²) in [5, 5.41) is 2.89. The molecule has 106 valence electrons. The molecular weight excluding hydrogens is 249 g/mol. The zero-order chi connectivity index (χ0) is 14.3. The van der Waals surface area contributed by atoms with Gasteiger partial charge < -0.3 is 21.5 Å². The number of carbonyl (C=O) groups is 1. The summed E-state index contributed by atoms with van der Waals surface area (Å²) in [6, 6.07) is 2.43. The number of nitrogens with two attached hydrogens (primary N) is 2. The Morgan fingerprint density at radius 2 is 2.16 bits per heavy atom. The van der Waals surface area contributed by atoms with Crippen LogP contribution in [0.15, 0.2) is 12.1 Å². The van der Waals surface area contributed by atoms with Gasteiger partial charge in [-0.1, -0.05) is 6.92 Å². The van der Waals surface area contributed by atoms with Crippen LogP contribution in [0.5, 0.6) is 0 Å². The molecule has 0 aliphatic heterocycles. The number of nitrogen functional groups attached to an aromatic ring is 1. The molecule has 0 aliphatic carbocycles. The summed E-state index contributed by atoms with van der Waals surface area (Å²) >= 11 is 0. The number of hydrogen-bond donors (Lipinski definition) is 3. The van der Waals surface area contributed by atoms with Crippen LogP contribution in [0, 0.1) is 5.82 Å². The van der Waals surface area contributed by atoms with Crippen LogP contribution in [0.3, 0.4) is 0 Å². The predicted octanol–water partition coefficient (Wildman–Crippen LogP) is 1.74. The minimum Gasteiger partial charge on any atom is -0.398 e. The first-order chi connectivity index (χ1) is 9.06. The van der Waals surface area contributed by atoms with Crippen LogP contribution in [0.4, 0.5) is 15.8 Å². The van der Waals surface area contributed by atoms with E-state index in [-0.39, 0.29) is 16.9 Å². The summed E-state index contributed by atoms with van der Waals surface area (Å²) in [6.07, 6.45) is 1.72. The number of nitrogens with one attached hydrogen (secondary N) is 1. The highest BCUT2D eigenvalue weighted by Crippen LogP contribution is 2.21. The summed E-state index contributed by atoms with van der Waals surface area (Å²) in [5.74, 6) is -1.18. The van der Waals surface area contributed by atoms with E-state index in [1.165, 1.54) is 6.07 Å². The van der Waals surface area contributed by atoms with E-state index in [0.29, 0.717) is 13.2 Å². The fraction of sp³-hybridized carbons (Fsp3) is 0.462. The maximum Gasteiger partial charge on any atom is 0.250 e. The third-order valence-electron chi connectivity index (χ3n) is 2.53. The molecule has 0 saturated heterocycles. The van der Waals surface area contributed by atoms with E-state index in [2.05, 4.69) is 5.32 Å². The molecule has 0 atom stereocenters.